The van der Waals surface area contributed by atoms with Crippen LogP contribution in [0.5, 0.6) is 0 Å². The number of carbonyl (C=O) groups excluding carboxylic acids is 2. The molecule has 1 atom stereocenters. The maximum absolute atomic E-state index is 12.2. The number of carbonyl (C=O) groups is 3. The fraction of sp³-hybridized carbons (Fsp3) is 0.348. The number of benzene rings is 2. The van der Waals surface area contributed by atoms with Gasteiger partial charge in [0.25, 0.3) is 0 Å². The summed E-state index contributed by atoms with van der Waals surface area (Å²) < 4.78 is 10.5. The third-order valence-corrected chi connectivity index (χ3v) is 5.25. The fourth-order valence-corrected chi connectivity index (χ4v) is 3.49. The molecule has 8 heteroatoms. The zero-order valence-electron chi connectivity index (χ0n) is 17.5. The lowest BCUT2D eigenvalue weighted by molar-refractivity contribution is -0.166. The van der Waals surface area contributed by atoms with Gasteiger partial charge in [-0.05, 0) is 36.1 Å². The molecule has 0 radical (unpaired) electrons. The van der Waals surface area contributed by atoms with E-state index < -0.39 is 36.1 Å². The highest BCUT2D eigenvalue weighted by atomic mass is 16.6. The molecule has 0 fully saturated rings. The van der Waals surface area contributed by atoms with Gasteiger partial charge < -0.3 is 25.6 Å². The van der Waals surface area contributed by atoms with Crippen LogP contribution in [-0.4, -0.2) is 48.4 Å². The average Bonchev–Trinajstić information content (AvgIpc) is 3.05. The topological polar surface area (TPSA) is 128 Å². The monoisotopic (exact) mass is 426 g/mol. The molecule has 1 aliphatic carbocycles. The number of esters is 1. The number of nitrogens with two attached hydrogens (primary N) is 1. The summed E-state index contributed by atoms with van der Waals surface area (Å²) in [6, 6.07) is 15.8. The van der Waals surface area contributed by atoms with E-state index in [1.165, 1.54) is 0 Å². The number of carboxylic acids is 1. The van der Waals surface area contributed by atoms with Gasteiger partial charge in [0.1, 0.15) is 12.2 Å². The highest BCUT2D eigenvalue weighted by Crippen LogP contribution is 2.44. The minimum Gasteiger partial charge on any atom is -0.481 e. The van der Waals surface area contributed by atoms with Gasteiger partial charge in [-0.3, -0.25) is 9.59 Å². The van der Waals surface area contributed by atoms with Crippen LogP contribution in [-0.2, 0) is 19.1 Å². The molecule has 0 aromatic heterocycles. The van der Waals surface area contributed by atoms with E-state index in [-0.39, 0.29) is 19.1 Å². The molecule has 2 aromatic rings. The third-order valence-electron chi connectivity index (χ3n) is 5.25. The summed E-state index contributed by atoms with van der Waals surface area (Å²) >= 11 is 0. The molecule has 1 amide bonds. The number of hydrogen-bond donors (Lipinski definition) is 3. The highest BCUT2D eigenvalue weighted by Gasteiger charge is 2.33. The van der Waals surface area contributed by atoms with E-state index in [0.717, 1.165) is 22.3 Å². The fourth-order valence-electron chi connectivity index (χ4n) is 3.49. The Morgan fingerprint density at radius 1 is 1.06 bits per heavy atom. The first-order valence-electron chi connectivity index (χ1n) is 9.98. The van der Waals surface area contributed by atoms with Crippen molar-refractivity contribution in [3.63, 3.8) is 0 Å². The molecule has 0 aliphatic heterocycles. The first-order chi connectivity index (χ1) is 14.7. The number of carboxylic acid groups (broad SMARTS) is 1. The van der Waals surface area contributed by atoms with Gasteiger partial charge in [-0.15, -0.1) is 0 Å². The van der Waals surface area contributed by atoms with Crippen molar-refractivity contribution >= 4 is 18.0 Å². The predicted octanol–water partition coefficient (Wildman–Crippen LogP) is 2.51. The Kier molecular flexibility index (Phi) is 6.60. The predicted molar refractivity (Wildman–Crippen MR) is 113 cm³/mol. The molecule has 1 unspecified atom stereocenters. The molecule has 1 aliphatic rings. The first-order valence-corrected chi connectivity index (χ1v) is 9.98. The maximum atomic E-state index is 12.2. The summed E-state index contributed by atoms with van der Waals surface area (Å²) in [6.07, 6.45) is -0.806. The second kappa shape index (κ2) is 9.18. The van der Waals surface area contributed by atoms with Crippen molar-refractivity contribution in [1.29, 1.82) is 0 Å². The van der Waals surface area contributed by atoms with E-state index in [4.69, 9.17) is 15.2 Å². The van der Waals surface area contributed by atoms with E-state index in [2.05, 4.69) is 5.32 Å². The molecule has 0 saturated carbocycles. The molecule has 0 saturated heterocycles. The van der Waals surface area contributed by atoms with Crippen molar-refractivity contribution in [3.8, 4) is 11.1 Å². The van der Waals surface area contributed by atoms with E-state index in [1.807, 2.05) is 48.5 Å². The van der Waals surface area contributed by atoms with Crippen LogP contribution in [0.1, 0.15) is 30.9 Å². The smallest absolute Gasteiger partial charge is 0.407 e. The second-order valence-corrected chi connectivity index (χ2v) is 7.98. The Bertz CT molecular complexity index is 942. The molecular formula is C23H26N2O6. The number of nitrogens with one attached hydrogen (secondary N) is 1. The second-order valence-electron chi connectivity index (χ2n) is 7.98. The van der Waals surface area contributed by atoms with Crippen molar-refractivity contribution in [2.45, 2.75) is 25.4 Å². The first kappa shape index (κ1) is 22.3. The van der Waals surface area contributed by atoms with Gasteiger partial charge in [-0.2, -0.15) is 0 Å². The molecule has 164 valence electrons. The van der Waals surface area contributed by atoms with Crippen LogP contribution in [0.4, 0.5) is 4.79 Å². The summed E-state index contributed by atoms with van der Waals surface area (Å²) in [5, 5.41) is 11.7. The van der Waals surface area contributed by atoms with Gasteiger partial charge in [0, 0.05) is 19.0 Å². The van der Waals surface area contributed by atoms with Gasteiger partial charge in [0.15, 0.2) is 5.92 Å². The number of amides is 1. The zero-order chi connectivity index (χ0) is 22.6. The Hall–Kier alpha value is -3.39. The van der Waals surface area contributed by atoms with Gasteiger partial charge in [0.05, 0.1) is 0 Å². The molecular weight excluding hydrogens is 400 g/mol. The van der Waals surface area contributed by atoms with Crippen molar-refractivity contribution in [3.05, 3.63) is 59.7 Å². The number of rotatable bonds is 8. The highest BCUT2D eigenvalue weighted by molar-refractivity contribution is 5.94. The molecule has 0 bridgehead atoms. The largest absolute Gasteiger partial charge is 0.481 e. The van der Waals surface area contributed by atoms with E-state index >= 15 is 0 Å². The molecule has 31 heavy (non-hydrogen) atoms. The summed E-state index contributed by atoms with van der Waals surface area (Å²) in [5.74, 6) is -4.06. The Balaban J connectivity index is 1.60. The van der Waals surface area contributed by atoms with E-state index in [0.29, 0.717) is 0 Å². The Morgan fingerprint density at radius 3 is 2.13 bits per heavy atom. The lowest BCUT2D eigenvalue weighted by Crippen LogP contribution is -2.43. The molecule has 0 heterocycles. The summed E-state index contributed by atoms with van der Waals surface area (Å²) in [7, 11) is 0. The van der Waals surface area contributed by atoms with Crippen molar-refractivity contribution < 1.29 is 29.0 Å². The standard InChI is InChI=1S/C23H26N2O6/c1-23(2,13-24)31-21(28)18(20(26)27)11-25-22(29)30-12-19-16-9-5-3-7-14(16)15-8-4-6-10-17(15)19/h3-10,18-19H,11-13,24H2,1-2H3,(H,25,29)(H,26,27). The average molecular weight is 426 g/mol. The van der Waals surface area contributed by atoms with Crippen LogP contribution >= 0.6 is 0 Å². The summed E-state index contributed by atoms with van der Waals surface area (Å²) in [5.41, 5.74) is 8.83. The summed E-state index contributed by atoms with van der Waals surface area (Å²) in [6.45, 7) is 2.81. The van der Waals surface area contributed by atoms with Crippen LogP contribution in [0, 0.1) is 5.92 Å². The number of aliphatic carboxylic acids is 1. The van der Waals surface area contributed by atoms with Crippen LogP contribution in [0.15, 0.2) is 48.5 Å². The summed E-state index contributed by atoms with van der Waals surface area (Å²) in [4.78, 5) is 35.8. The Labute approximate surface area is 180 Å². The molecule has 2 aromatic carbocycles. The molecule has 8 nitrogen and oxygen atoms in total. The normalized spacial score (nSPS) is 13.6. The molecule has 3 rings (SSSR count). The number of ether oxygens (including phenoxy) is 2. The van der Waals surface area contributed by atoms with Crippen molar-refractivity contribution in [2.24, 2.45) is 11.7 Å². The Morgan fingerprint density at radius 2 is 1.61 bits per heavy atom. The lowest BCUT2D eigenvalue weighted by Gasteiger charge is -2.25. The third kappa shape index (κ3) is 5.03. The maximum Gasteiger partial charge on any atom is 0.407 e. The van der Waals surface area contributed by atoms with Crippen molar-refractivity contribution in [1.82, 2.24) is 5.32 Å². The van der Waals surface area contributed by atoms with Gasteiger partial charge in [0.2, 0.25) is 0 Å². The van der Waals surface area contributed by atoms with E-state index in [1.54, 1.807) is 13.8 Å². The zero-order valence-corrected chi connectivity index (χ0v) is 17.5. The van der Waals surface area contributed by atoms with Crippen LogP contribution in [0.25, 0.3) is 11.1 Å². The SMILES string of the molecule is CC(C)(CN)OC(=O)C(CNC(=O)OCC1c2ccccc2-c2ccccc21)C(=O)O. The molecule has 4 N–H and O–H groups in total. The van der Waals surface area contributed by atoms with Gasteiger partial charge in [-0.25, -0.2) is 4.79 Å². The van der Waals surface area contributed by atoms with E-state index in [9.17, 15) is 19.5 Å². The van der Waals surface area contributed by atoms with Crippen LogP contribution in [0.3, 0.4) is 0 Å². The van der Waals surface area contributed by atoms with Gasteiger partial charge >= 0.3 is 18.0 Å². The molecule has 0 spiro atoms. The lowest BCUT2D eigenvalue weighted by atomic mass is 9.98. The minimum atomic E-state index is -1.56. The van der Waals surface area contributed by atoms with Crippen LogP contribution < -0.4 is 11.1 Å². The quantitative estimate of drug-likeness (QED) is 0.437. The van der Waals surface area contributed by atoms with Crippen LogP contribution in [0.2, 0.25) is 0 Å². The van der Waals surface area contributed by atoms with Crippen molar-refractivity contribution in [2.75, 3.05) is 19.7 Å². The number of alkyl carbamates (subject to hydrolysis) is 1. The number of fused-ring (bicyclic) bond motifs is 3. The number of hydrogen-bond acceptors (Lipinski definition) is 6. The van der Waals surface area contributed by atoms with Gasteiger partial charge in [-0.1, -0.05) is 48.5 Å². The minimum absolute atomic E-state index is 0.0326.